The van der Waals surface area contributed by atoms with Gasteiger partial charge in [0.25, 0.3) is 0 Å². The second-order valence-electron chi connectivity index (χ2n) is 5.21. The molecule has 0 aliphatic rings. The van der Waals surface area contributed by atoms with Crippen LogP contribution in [0.15, 0.2) is 42.5 Å². The molecule has 0 radical (unpaired) electrons. The zero-order valence-electron chi connectivity index (χ0n) is 11.9. The summed E-state index contributed by atoms with van der Waals surface area (Å²) in [6.07, 6.45) is 1.79. The lowest BCUT2D eigenvalue weighted by Crippen LogP contribution is -2.22. The van der Waals surface area contributed by atoms with E-state index < -0.39 is 0 Å². The first-order chi connectivity index (χ1) is 10.1. The zero-order valence-corrected chi connectivity index (χ0v) is 13.4. The highest BCUT2D eigenvalue weighted by atomic mass is 35.5. The molecule has 0 bridgehead atoms. The monoisotopic (exact) mass is 325 g/mol. The molecule has 1 N–H and O–H groups in total. The Morgan fingerprint density at radius 2 is 1.57 bits per heavy atom. The Hall–Kier alpha value is -1.09. The SMILES string of the molecule is CNCC(Cc1ccc(F)cc1)Cc1ccc(Cl)c(Cl)c1. The van der Waals surface area contributed by atoms with E-state index in [4.69, 9.17) is 23.2 Å². The van der Waals surface area contributed by atoms with Crippen LogP contribution in [0.5, 0.6) is 0 Å². The average Bonchev–Trinajstić information content (AvgIpc) is 2.46. The van der Waals surface area contributed by atoms with E-state index in [1.807, 2.05) is 37.4 Å². The Morgan fingerprint density at radius 1 is 0.952 bits per heavy atom. The van der Waals surface area contributed by atoms with Gasteiger partial charge in [-0.15, -0.1) is 0 Å². The summed E-state index contributed by atoms with van der Waals surface area (Å²) in [6, 6.07) is 12.4. The van der Waals surface area contributed by atoms with Crippen LogP contribution in [0.3, 0.4) is 0 Å². The molecule has 2 aromatic rings. The molecular formula is C17H18Cl2FN. The number of hydrogen-bond donors (Lipinski definition) is 1. The molecular weight excluding hydrogens is 308 g/mol. The molecule has 2 aromatic carbocycles. The molecule has 1 unspecified atom stereocenters. The van der Waals surface area contributed by atoms with Crippen LogP contribution in [-0.2, 0) is 12.8 Å². The summed E-state index contributed by atoms with van der Waals surface area (Å²) < 4.78 is 13.0. The second kappa shape index (κ2) is 7.79. The third-order valence-corrected chi connectivity index (χ3v) is 4.18. The standard InChI is InChI=1S/C17H18Cl2FN/c1-21-11-14(8-12-2-5-15(20)6-3-12)9-13-4-7-16(18)17(19)10-13/h2-7,10,14,21H,8-9,11H2,1H3. The number of hydrogen-bond acceptors (Lipinski definition) is 1. The van der Waals surface area contributed by atoms with Gasteiger partial charge in [-0.2, -0.15) is 0 Å². The molecule has 0 aliphatic heterocycles. The van der Waals surface area contributed by atoms with Gasteiger partial charge in [0.2, 0.25) is 0 Å². The highest BCUT2D eigenvalue weighted by molar-refractivity contribution is 6.42. The van der Waals surface area contributed by atoms with Crippen LogP contribution in [0.4, 0.5) is 4.39 Å². The smallest absolute Gasteiger partial charge is 0.123 e. The summed E-state index contributed by atoms with van der Waals surface area (Å²) in [6.45, 7) is 0.887. The van der Waals surface area contributed by atoms with Crippen molar-refractivity contribution in [3.8, 4) is 0 Å². The lowest BCUT2D eigenvalue weighted by atomic mass is 9.92. The molecule has 0 heterocycles. The van der Waals surface area contributed by atoms with Crippen LogP contribution >= 0.6 is 23.2 Å². The van der Waals surface area contributed by atoms with Gasteiger partial charge in [-0.3, -0.25) is 0 Å². The minimum Gasteiger partial charge on any atom is -0.319 e. The lowest BCUT2D eigenvalue weighted by molar-refractivity contribution is 0.493. The van der Waals surface area contributed by atoms with E-state index in [-0.39, 0.29) is 5.82 Å². The second-order valence-corrected chi connectivity index (χ2v) is 6.02. The van der Waals surface area contributed by atoms with Crippen molar-refractivity contribution >= 4 is 23.2 Å². The predicted octanol–water partition coefficient (Wildman–Crippen LogP) is 4.75. The molecule has 0 aromatic heterocycles. The lowest BCUT2D eigenvalue weighted by Gasteiger charge is -2.17. The first-order valence-corrected chi connectivity index (χ1v) is 7.67. The summed E-state index contributed by atoms with van der Waals surface area (Å²) >= 11 is 12.0. The molecule has 21 heavy (non-hydrogen) atoms. The molecule has 0 amide bonds. The molecule has 1 atom stereocenters. The summed E-state index contributed by atoms with van der Waals surface area (Å²) in [5, 5.41) is 4.37. The first kappa shape index (κ1) is 16.3. The van der Waals surface area contributed by atoms with E-state index >= 15 is 0 Å². The van der Waals surface area contributed by atoms with Gasteiger partial charge in [-0.1, -0.05) is 41.4 Å². The summed E-state index contributed by atoms with van der Waals surface area (Å²) in [5.41, 5.74) is 2.29. The van der Waals surface area contributed by atoms with E-state index in [9.17, 15) is 4.39 Å². The maximum atomic E-state index is 13.0. The Bertz CT molecular complexity index is 584. The van der Waals surface area contributed by atoms with Crippen LogP contribution in [0.25, 0.3) is 0 Å². The number of rotatable bonds is 6. The minimum atomic E-state index is -0.201. The Morgan fingerprint density at radius 3 is 2.19 bits per heavy atom. The summed E-state index contributed by atoms with van der Waals surface area (Å²) in [7, 11) is 1.94. The van der Waals surface area contributed by atoms with Crippen molar-refractivity contribution in [2.45, 2.75) is 12.8 Å². The fourth-order valence-electron chi connectivity index (χ4n) is 2.46. The maximum absolute atomic E-state index is 13.0. The zero-order chi connectivity index (χ0) is 15.2. The Balaban J connectivity index is 2.07. The summed E-state index contributed by atoms with van der Waals surface area (Å²) in [5.74, 6) is 0.214. The maximum Gasteiger partial charge on any atom is 0.123 e. The van der Waals surface area contributed by atoms with Crippen molar-refractivity contribution < 1.29 is 4.39 Å². The summed E-state index contributed by atoms with van der Waals surface area (Å²) in [4.78, 5) is 0. The van der Waals surface area contributed by atoms with Crippen LogP contribution in [0, 0.1) is 11.7 Å². The van der Waals surface area contributed by atoms with Crippen LogP contribution < -0.4 is 5.32 Å². The van der Waals surface area contributed by atoms with Gasteiger partial charge < -0.3 is 5.32 Å². The van der Waals surface area contributed by atoms with Gasteiger partial charge in [0.05, 0.1) is 10.0 Å². The number of nitrogens with one attached hydrogen (secondary N) is 1. The van der Waals surface area contributed by atoms with Crippen molar-refractivity contribution in [1.82, 2.24) is 5.32 Å². The molecule has 0 aliphatic carbocycles. The molecule has 0 saturated heterocycles. The van der Waals surface area contributed by atoms with E-state index in [0.29, 0.717) is 16.0 Å². The van der Waals surface area contributed by atoms with Crippen LogP contribution in [0.2, 0.25) is 10.0 Å². The topological polar surface area (TPSA) is 12.0 Å². The van der Waals surface area contributed by atoms with Crippen molar-refractivity contribution in [1.29, 1.82) is 0 Å². The largest absolute Gasteiger partial charge is 0.319 e. The fraction of sp³-hybridized carbons (Fsp3) is 0.294. The normalized spacial score (nSPS) is 12.4. The minimum absolute atomic E-state index is 0.201. The van der Waals surface area contributed by atoms with E-state index in [1.54, 1.807) is 0 Å². The van der Waals surface area contributed by atoms with E-state index in [1.165, 1.54) is 12.1 Å². The Kier molecular flexibility index (Phi) is 6.04. The molecule has 0 spiro atoms. The van der Waals surface area contributed by atoms with Gasteiger partial charge in [0.15, 0.2) is 0 Å². The third-order valence-electron chi connectivity index (χ3n) is 3.44. The number of benzene rings is 2. The fourth-order valence-corrected chi connectivity index (χ4v) is 2.78. The average molecular weight is 326 g/mol. The van der Waals surface area contributed by atoms with Crippen molar-refractivity contribution in [3.05, 3.63) is 69.5 Å². The van der Waals surface area contributed by atoms with Crippen molar-refractivity contribution in [2.75, 3.05) is 13.6 Å². The van der Waals surface area contributed by atoms with E-state index in [0.717, 1.165) is 30.5 Å². The van der Waals surface area contributed by atoms with Gasteiger partial charge in [0, 0.05) is 0 Å². The molecule has 4 heteroatoms. The van der Waals surface area contributed by atoms with Crippen LogP contribution in [-0.4, -0.2) is 13.6 Å². The van der Waals surface area contributed by atoms with Gasteiger partial charge >= 0.3 is 0 Å². The number of halogens is 3. The molecule has 0 fully saturated rings. The highest BCUT2D eigenvalue weighted by Crippen LogP contribution is 2.24. The predicted molar refractivity (Wildman–Crippen MR) is 87.7 cm³/mol. The van der Waals surface area contributed by atoms with Crippen molar-refractivity contribution in [3.63, 3.8) is 0 Å². The van der Waals surface area contributed by atoms with Gasteiger partial charge in [-0.25, -0.2) is 4.39 Å². The van der Waals surface area contributed by atoms with E-state index in [2.05, 4.69) is 5.32 Å². The molecule has 2 rings (SSSR count). The van der Waals surface area contributed by atoms with Crippen molar-refractivity contribution in [2.24, 2.45) is 5.92 Å². The molecule has 1 nitrogen and oxygen atoms in total. The third kappa shape index (κ3) is 4.99. The quantitative estimate of drug-likeness (QED) is 0.807. The first-order valence-electron chi connectivity index (χ1n) is 6.91. The van der Waals surface area contributed by atoms with Gasteiger partial charge in [0.1, 0.15) is 5.82 Å². The Labute approximate surface area is 135 Å². The molecule has 112 valence electrons. The van der Waals surface area contributed by atoms with Gasteiger partial charge in [-0.05, 0) is 67.7 Å². The molecule has 0 saturated carbocycles. The highest BCUT2D eigenvalue weighted by Gasteiger charge is 2.11. The van der Waals surface area contributed by atoms with Crippen LogP contribution in [0.1, 0.15) is 11.1 Å².